The molecule has 94 valence electrons. The molecule has 0 aliphatic carbocycles. The summed E-state index contributed by atoms with van der Waals surface area (Å²) in [6, 6.07) is 9.36. The molecule has 0 amide bonds. The minimum absolute atomic E-state index is 0.196. The molecule has 1 heterocycles. The third-order valence-corrected chi connectivity index (χ3v) is 2.91. The molecular weight excluding hydrogens is 248 g/mol. The zero-order valence-electron chi connectivity index (χ0n) is 10.1. The number of nitrogens with two attached hydrogens (primary N) is 1. The van der Waals surface area contributed by atoms with E-state index in [0.717, 1.165) is 16.9 Å². The van der Waals surface area contributed by atoms with Crippen molar-refractivity contribution >= 4 is 11.6 Å². The smallest absolute Gasteiger partial charge is 0.137 e. The van der Waals surface area contributed by atoms with Crippen molar-refractivity contribution in [2.75, 3.05) is 6.54 Å². The van der Waals surface area contributed by atoms with Gasteiger partial charge in [0.05, 0.1) is 0 Å². The normalized spacial score (nSPS) is 12.2. The van der Waals surface area contributed by atoms with E-state index >= 15 is 0 Å². The molecule has 3 nitrogen and oxygen atoms in total. The Morgan fingerprint density at radius 2 is 2.22 bits per heavy atom. The van der Waals surface area contributed by atoms with Crippen LogP contribution in [0.4, 0.5) is 0 Å². The maximum Gasteiger partial charge on any atom is 0.137 e. The zero-order chi connectivity index (χ0) is 13.0. The van der Waals surface area contributed by atoms with Gasteiger partial charge in [-0.05, 0) is 36.8 Å². The van der Waals surface area contributed by atoms with Crippen molar-refractivity contribution in [2.45, 2.75) is 13.0 Å². The fourth-order valence-electron chi connectivity index (χ4n) is 1.72. The number of nitrogens with zero attached hydrogens (tertiary/aromatic N) is 1. The van der Waals surface area contributed by atoms with E-state index in [1.165, 1.54) is 0 Å². The molecule has 1 aromatic heterocycles. The van der Waals surface area contributed by atoms with E-state index in [-0.39, 0.29) is 6.10 Å². The van der Waals surface area contributed by atoms with Gasteiger partial charge in [0.2, 0.25) is 0 Å². The predicted molar refractivity (Wildman–Crippen MR) is 72.8 cm³/mol. The average molecular weight is 263 g/mol. The molecule has 0 aliphatic heterocycles. The Balaban J connectivity index is 2.21. The van der Waals surface area contributed by atoms with Crippen molar-refractivity contribution in [3.05, 3.63) is 58.9 Å². The second-order valence-corrected chi connectivity index (χ2v) is 4.47. The van der Waals surface area contributed by atoms with Crippen molar-refractivity contribution in [1.82, 2.24) is 4.98 Å². The van der Waals surface area contributed by atoms with Gasteiger partial charge in [0.1, 0.15) is 11.9 Å². The zero-order valence-corrected chi connectivity index (χ0v) is 10.9. The first-order valence-electron chi connectivity index (χ1n) is 5.73. The maximum absolute atomic E-state index is 5.91. The fraction of sp³-hybridized carbons (Fsp3) is 0.214. The summed E-state index contributed by atoms with van der Waals surface area (Å²) in [7, 11) is 0. The number of aryl methyl sites for hydroxylation is 1. The number of rotatable bonds is 4. The van der Waals surface area contributed by atoms with Crippen LogP contribution in [-0.4, -0.2) is 11.5 Å². The van der Waals surface area contributed by atoms with Gasteiger partial charge in [-0.2, -0.15) is 0 Å². The molecule has 2 rings (SSSR count). The third kappa shape index (κ3) is 3.00. The number of hydrogen-bond donors (Lipinski definition) is 1. The Morgan fingerprint density at radius 3 is 2.83 bits per heavy atom. The van der Waals surface area contributed by atoms with Gasteiger partial charge in [0.15, 0.2) is 0 Å². The lowest BCUT2D eigenvalue weighted by molar-refractivity contribution is 0.212. The van der Waals surface area contributed by atoms with Gasteiger partial charge in [-0.1, -0.05) is 17.7 Å². The van der Waals surface area contributed by atoms with E-state index in [9.17, 15) is 0 Å². The van der Waals surface area contributed by atoms with Crippen LogP contribution in [0.15, 0.2) is 42.7 Å². The Kier molecular flexibility index (Phi) is 4.18. The van der Waals surface area contributed by atoms with Crippen LogP contribution in [0.3, 0.4) is 0 Å². The number of benzene rings is 1. The van der Waals surface area contributed by atoms with Gasteiger partial charge in [0, 0.05) is 29.5 Å². The molecule has 1 aromatic carbocycles. The molecule has 1 unspecified atom stereocenters. The molecule has 0 radical (unpaired) electrons. The summed E-state index contributed by atoms with van der Waals surface area (Å²) in [6.45, 7) is 2.35. The molecule has 0 bridgehead atoms. The molecule has 0 spiro atoms. The molecule has 18 heavy (non-hydrogen) atoms. The van der Waals surface area contributed by atoms with E-state index in [4.69, 9.17) is 22.1 Å². The van der Waals surface area contributed by atoms with Crippen LogP contribution in [0.25, 0.3) is 0 Å². The van der Waals surface area contributed by atoms with Crippen LogP contribution in [0.2, 0.25) is 5.02 Å². The summed E-state index contributed by atoms with van der Waals surface area (Å²) >= 11 is 5.91. The molecule has 0 saturated heterocycles. The lowest BCUT2D eigenvalue weighted by Crippen LogP contribution is -2.18. The highest BCUT2D eigenvalue weighted by atomic mass is 35.5. The van der Waals surface area contributed by atoms with Crippen molar-refractivity contribution < 1.29 is 4.74 Å². The van der Waals surface area contributed by atoms with Crippen molar-refractivity contribution in [3.8, 4) is 5.75 Å². The Labute approximate surface area is 112 Å². The van der Waals surface area contributed by atoms with Crippen LogP contribution in [0.5, 0.6) is 5.75 Å². The van der Waals surface area contributed by atoms with Gasteiger partial charge in [-0.25, -0.2) is 0 Å². The largest absolute Gasteiger partial charge is 0.484 e. The van der Waals surface area contributed by atoms with Gasteiger partial charge in [-0.15, -0.1) is 0 Å². The quantitative estimate of drug-likeness (QED) is 0.921. The van der Waals surface area contributed by atoms with Crippen LogP contribution in [0.1, 0.15) is 17.2 Å². The summed E-state index contributed by atoms with van der Waals surface area (Å²) in [4.78, 5) is 4.08. The van der Waals surface area contributed by atoms with Gasteiger partial charge < -0.3 is 10.5 Å². The van der Waals surface area contributed by atoms with Crippen molar-refractivity contribution in [3.63, 3.8) is 0 Å². The van der Waals surface area contributed by atoms with Crippen LogP contribution >= 0.6 is 11.6 Å². The second-order valence-electron chi connectivity index (χ2n) is 4.04. The molecule has 1 atom stereocenters. The first kappa shape index (κ1) is 12.9. The molecule has 4 heteroatoms. The molecule has 0 fully saturated rings. The fourth-order valence-corrected chi connectivity index (χ4v) is 1.94. The Hall–Kier alpha value is -1.58. The number of aromatic nitrogens is 1. The monoisotopic (exact) mass is 262 g/mol. The summed E-state index contributed by atoms with van der Waals surface area (Å²) in [5, 5.41) is 0.700. The van der Waals surface area contributed by atoms with Crippen LogP contribution < -0.4 is 10.5 Å². The SMILES string of the molecule is Cc1cc(Cl)ccc1OC(CN)c1cccnc1. The highest BCUT2D eigenvalue weighted by Gasteiger charge is 2.12. The molecule has 0 aliphatic rings. The van der Waals surface area contributed by atoms with E-state index in [1.807, 2.05) is 31.2 Å². The lowest BCUT2D eigenvalue weighted by atomic mass is 10.1. The molecule has 2 N–H and O–H groups in total. The summed E-state index contributed by atoms with van der Waals surface area (Å²) in [6.07, 6.45) is 3.30. The molecule has 2 aromatic rings. The maximum atomic E-state index is 5.91. The minimum atomic E-state index is -0.196. The average Bonchev–Trinajstić information content (AvgIpc) is 2.39. The Morgan fingerprint density at radius 1 is 1.39 bits per heavy atom. The van der Waals surface area contributed by atoms with Gasteiger partial charge in [0.25, 0.3) is 0 Å². The summed E-state index contributed by atoms with van der Waals surface area (Å²) in [5.74, 6) is 0.790. The lowest BCUT2D eigenvalue weighted by Gasteiger charge is -2.19. The molecular formula is C14H15ClN2O. The Bertz CT molecular complexity index is 516. The van der Waals surface area contributed by atoms with Gasteiger partial charge >= 0.3 is 0 Å². The van der Waals surface area contributed by atoms with Crippen molar-refractivity contribution in [2.24, 2.45) is 5.73 Å². The topological polar surface area (TPSA) is 48.1 Å². The third-order valence-electron chi connectivity index (χ3n) is 2.68. The van der Waals surface area contributed by atoms with Crippen molar-refractivity contribution in [1.29, 1.82) is 0 Å². The first-order chi connectivity index (χ1) is 8.70. The van der Waals surface area contributed by atoms with E-state index < -0.39 is 0 Å². The van der Waals surface area contributed by atoms with Crippen LogP contribution in [0, 0.1) is 6.92 Å². The number of ether oxygens (including phenoxy) is 1. The van der Waals surface area contributed by atoms with E-state index in [2.05, 4.69) is 4.98 Å². The first-order valence-corrected chi connectivity index (χ1v) is 6.11. The highest BCUT2D eigenvalue weighted by molar-refractivity contribution is 6.30. The summed E-state index contributed by atoms with van der Waals surface area (Å²) in [5.41, 5.74) is 7.71. The van der Waals surface area contributed by atoms with Gasteiger partial charge in [-0.3, -0.25) is 4.98 Å². The second kappa shape index (κ2) is 5.85. The van der Waals surface area contributed by atoms with E-state index in [0.29, 0.717) is 11.6 Å². The standard InChI is InChI=1S/C14H15ClN2O/c1-10-7-12(15)4-5-13(10)18-14(8-16)11-3-2-6-17-9-11/h2-7,9,14H,8,16H2,1H3. The summed E-state index contributed by atoms with van der Waals surface area (Å²) < 4.78 is 5.91. The highest BCUT2D eigenvalue weighted by Crippen LogP contribution is 2.26. The van der Waals surface area contributed by atoms with E-state index in [1.54, 1.807) is 18.5 Å². The number of hydrogen-bond acceptors (Lipinski definition) is 3. The number of halogens is 1. The predicted octanol–water partition coefficient (Wildman–Crippen LogP) is 3.12. The molecule has 0 saturated carbocycles. The number of pyridine rings is 1. The minimum Gasteiger partial charge on any atom is -0.484 e. The van der Waals surface area contributed by atoms with Crippen LogP contribution in [-0.2, 0) is 0 Å².